The highest BCUT2D eigenvalue weighted by molar-refractivity contribution is 7.09. The van der Waals surface area contributed by atoms with Crippen molar-refractivity contribution >= 4 is 64.5 Å². The maximum atomic E-state index is 14.9. The Morgan fingerprint density at radius 3 is 2.10 bits per heavy atom. The zero-order chi connectivity index (χ0) is 64.8. The van der Waals surface area contributed by atoms with E-state index in [-0.39, 0.29) is 60.0 Å². The first kappa shape index (κ1) is 72.6. The third kappa shape index (κ3) is 20.6. The Morgan fingerprint density at radius 1 is 0.862 bits per heavy atom. The van der Waals surface area contributed by atoms with Gasteiger partial charge in [-0.3, -0.25) is 39.1 Å². The molecule has 1 fully saturated rings. The molecule has 0 aliphatic carbocycles. The summed E-state index contributed by atoms with van der Waals surface area (Å²) in [6.45, 7) is 12.9. The van der Waals surface area contributed by atoms with Crippen molar-refractivity contribution in [1.82, 2.24) is 35.7 Å². The SMILES string of the molecule is CCC(C)[C@@H]([C@@H](CC(=O)N1CCC[C@H]1[C@H](OC)[C@@H](C)C(=O)N[C@@H](Cc1ccccc1)c1nccs1)OC)N(C)C(=O)[C@@H](NC(=O)[C@H](C(C)C)N(C)C(=O)OCc1ccc(O[C@H](OC(C(=O)O)[C@@H](O)CO)[C@H](C)O)c(NC(=O)CCC(=O)NN)c1)C(C)C. The summed E-state index contributed by atoms with van der Waals surface area (Å²) in [6, 6.07) is 10.1. The first-order chi connectivity index (χ1) is 41.2. The van der Waals surface area contributed by atoms with Crippen LogP contribution in [0.15, 0.2) is 60.1 Å². The molecule has 484 valence electrons. The van der Waals surface area contributed by atoms with E-state index in [9.17, 15) is 58.8 Å². The fourth-order valence-electron chi connectivity index (χ4n) is 10.6. The quantitative estimate of drug-likeness (QED) is 0.0176. The molecule has 1 aliphatic rings. The third-order valence-electron chi connectivity index (χ3n) is 15.6. The van der Waals surface area contributed by atoms with Gasteiger partial charge in [0.1, 0.15) is 41.7 Å². The van der Waals surface area contributed by atoms with E-state index >= 15 is 0 Å². The van der Waals surface area contributed by atoms with Gasteiger partial charge in [-0.15, -0.1) is 11.3 Å². The van der Waals surface area contributed by atoms with E-state index < -0.39 is 128 Å². The van der Waals surface area contributed by atoms with Crippen LogP contribution in [0.2, 0.25) is 0 Å². The second-order valence-corrected chi connectivity index (χ2v) is 23.5. The lowest BCUT2D eigenvalue weighted by molar-refractivity contribution is -0.206. The summed E-state index contributed by atoms with van der Waals surface area (Å²) in [6.07, 6.45) is -6.31. The number of rotatable bonds is 35. The van der Waals surface area contributed by atoms with E-state index in [2.05, 4.69) is 20.9 Å². The van der Waals surface area contributed by atoms with Crippen LogP contribution in [0.25, 0.3) is 0 Å². The van der Waals surface area contributed by atoms with Crippen molar-refractivity contribution < 1.29 is 82.5 Å². The molecule has 2 heterocycles. The second-order valence-electron chi connectivity index (χ2n) is 22.6. The number of nitrogens with zero attached hydrogens (tertiary/aromatic N) is 4. The average Bonchev–Trinajstić information content (AvgIpc) is 2.20. The maximum Gasteiger partial charge on any atom is 0.410 e. The number of carboxylic acid groups (broad SMARTS) is 1. The number of aliphatic hydroxyl groups excluding tert-OH is 3. The number of methoxy groups -OCH3 is 2. The number of aromatic nitrogens is 1. The number of carboxylic acids is 1. The Kier molecular flexibility index (Phi) is 29.4. The van der Waals surface area contributed by atoms with Gasteiger partial charge < -0.3 is 69.9 Å². The number of thiazole rings is 1. The minimum Gasteiger partial charge on any atom is -0.479 e. The number of hydrogen-bond donors (Lipinski definition) is 9. The number of amides is 7. The van der Waals surface area contributed by atoms with E-state index in [1.165, 1.54) is 55.5 Å². The number of nitrogens with two attached hydrogens (primary N) is 1. The number of nitrogens with one attached hydrogen (secondary N) is 4. The summed E-state index contributed by atoms with van der Waals surface area (Å²) < 4.78 is 28.9. The van der Waals surface area contributed by atoms with E-state index in [1.54, 1.807) is 59.9 Å². The summed E-state index contributed by atoms with van der Waals surface area (Å²) in [5, 5.41) is 50.9. The first-order valence-electron chi connectivity index (χ1n) is 29.2. The molecule has 7 amide bonds. The highest BCUT2D eigenvalue weighted by Gasteiger charge is 2.44. The fourth-order valence-corrected chi connectivity index (χ4v) is 11.3. The predicted octanol–water partition coefficient (Wildman–Crippen LogP) is 3.51. The van der Waals surface area contributed by atoms with Crippen molar-refractivity contribution in [3.63, 3.8) is 0 Å². The standard InChI is InChI=1S/C60H91N9O17S/c1-13-35(6)51(45(82-11)30-48(75)69-26-17-20-42(69)52(83-12)36(7)54(76)64-41(56-62-25-27-87-56)28-38-18-15-14-16-19-38)67(9)57(78)49(33(2)3)65-55(77)50(34(4)5)68(10)60(81)84-32-39-21-22-44(40(29-39)63-46(73)23-24-47(74)66-61)85-59(37(8)71)86-53(58(79)80)43(72)31-70/h14-16,18-19,21-22,25,27,29,33-37,41-43,45,49-53,59,70-72H,13,17,20,23-24,26,28,30-32,61H2,1-12H3,(H,63,73)(H,64,76)(H,65,77)(H,66,74)(H,79,80)/t35?,36-,37+,41+,42+,43+,45-,49+,50+,51+,52-,53?,59-/m1/s1. The van der Waals surface area contributed by atoms with Crippen molar-refractivity contribution in [3.8, 4) is 5.75 Å². The van der Waals surface area contributed by atoms with Gasteiger partial charge in [0.2, 0.25) is 41.7 Å². The molecule has 1 aromatic heterocycles. The van der Waals surface area contributed by atoms with Gasteiger partial charge in [-0.1, -0.05) is 91.3 Å². The number of carbonyl (C=O) groups excluding carboxylic acids is 7. The molecule has 0 spiro atoms. The van der Waals surface area contributed by atoms with E-state index in [4.69, 9.17) is 29.5 Å². The molecule has 0 saturated carbocycles. The van der Waals surface area contributed by atoms with E-state index in [0.29, 0.717) is 32.2 Å². The average molecular weight is 1240 g/mol. The Labute approximate surface area is 513 Å². The zero-order valence-corrected chi connectivity index (χ0v) is 52.7. The lowest BCUT2D eigenvalue weighted by Crippen LogP contribution is -2.60. The number of likely N-dealkylation sites (tertiary alicyclic amines) is 1. The summed E-state index contributed by atoms with van der Waals surface area (Å²) in [7, 11) is 6.01. The van der Waals surface area contributed by atoms with Crippen molar-refractivity contribution in [2.45, 2.75) is 174 Å². The number of hydrogen-bond acceptors (Lipinski definition) is 19. The minimum absolute atomic E-state index is 0.102. The van der Waals surface area contributed by atoms with Crippen LogP contribution in [-0.2, 0) is 65.5 Å². The molecule has 1 aliphatic heterocycles. The number of ether oxygens (including phenoxy) is 5. The van der Waals surface area contributed by atoms with Gasteiger partial charge in [-0.25, -0.2) is 20.4 Å². The van der Waals surface area contributed by atoms with Crippen molar-refractivity contribution in [2.24, 2.45) is 29.5 Å². The molecule has 13 atom stereocenters. The number of hydrazine groups is 1. The van der Waals surface area contributed by atoms with Crippen LogP contribution >= 0.6 is 11.3 Å². The van der Waals surface area contributed by atoms with Gasteiger partial charge in [0, 0.05) is 59.3 Å². The zero-order valence-electron chi connectivity index (χ0n) is 51.9. The molecule has 1 saturated heterocycles. The number of aliphatic hydroxyl groups is 3. The number of carbonyl (C=O) groups is 8. The maximum absolute atomic E-state index is 14.9. The van der Waals surface area contributed by atoms with Crippen LogP contribution in [-0.4, -0.2) is 190 Å². The summed E-state index contributed by atoms with van der Waals surface area (Å²) in [5.41, 5.74) is 3.10. The minimum atomic E-state index is -2.04. The molecule has 2 aromatic carbocycles. The van der Waals surface area contributed by atoms with Gasteiger partial charge in [0.15, 0.2) is 6.10 Å². The molecule has 26 nitrogen and oxygen atoms in total. The molecule has 4 rings (SSSR count). The van der Waals surface area contributed by atoms with Crippen molar-refractivity contribution in [1.29, 1.82) is 0 Å². The molecular formula is C60H91N9O17S. The normalized spacial score (nSPS) is 17.4. The topological polar surface area (TPSA) is 360 Å². The van der Waals surface area contributed by atoms with Gasteiger partial charge >= 0.3 is 12.1 Å². The Morgan fingerprint density at radius 2 is 1.54 bits per heavy atom. The van der Waals surface area contributed by atoms with Gasteiger partial charge in [-0.2, -0.15) is 0 Å². The Balaban J connectivity index is 1.50. The van der Waals surface area contributed by atoms with Crippen molar-refractivity contribution in [3.05, 3.63) is 76.2 Å². The lowest BCUT2D eigenvalue weighted by atomic mass is 9.89. The summed E-state index contributed by atoms with van der Waals surface area (Å²) in [5.74, 6) is -1.48. The lowest BCUT2D eigenvalue weighted by Gasteiger charge is -2.41. The van der Waals surface area contributed by atoms with E-state index in [1.807, 2.05) is 55.0 Å². The molecule has 27 heteroatoms. The monoisotopic (exact) mass is 1240 g/mol. The number of anilines is 1. The van der Waals surface area contributed by atoms with Crippen LogP contribution in [0.4, 0.5) is 10.5 Å². The Bertz CT molecular complexity index is 2710. The van der Waals surface area contributed by atoms with Gasteiger partial charge in [0.05, 0.1) is 55.0 Å². The summed E-state index contributed by atoms with van der Waals surface area (Å²) >= 11 is 1.46. The van der Waals surface area contributed by atoms with Gasteiger partial charge in [0.25, 0.3) is 0 Å². The number of likely N-dealkylation sites (N-methyl/N-ethyl adjacent to an activating group) is 2. The number of benzene rings is 2. The number of aliphatic carboxylic acids is 1. The van der Waals surface area contributed by atoms with Crippen LogP contribution < -0.4 is 32.0 Å². The van der Waals surface area contributed by atoms with E-state index in [0.717, 1.165) is 15.5 Å². The molecular weight excluding hydrogens is 1150 g/mol. The highest BCUT2D eigenvalue weighted by Crippen LogP contribution is 2.32. The highest BCUT2D eigenvalue weighted by atomic mass is 32.1. The van der Waals surface area contributed by atoms with Crippen molar-refractivity contribution in [2.75, 3.05) is 46.8 Å². The Hall–Kier alpha value is -6.85. The van der Waals surface area contributed by atoms with Crippen LogP contribution in [0.3, 0.4) is 0 Å². The van der Waals surface area contributed by atoms with Crippen LogP contribution in [0, 0.1) is 23.7 Å². The third-order valence-corrected chi connectivity index (χ3v) is 16.5. The molecule has 10 N–H and O–H groups in total. The van der Waals surface area contributed by atoms with Crippen LogP contribution in [0.5, 0.6) is 5.75 Å². The largest absolute Gasteiger partial charge is 0.479 e. The smallest absolute Gasteiger partial charge is 0.410 e. The fraction of sp³-hybridized carbons (Fsp3) is 0.617. The summed E-state index contributed by atoms with van der Waals surface area (Å²) in [4.78, 5) is 117. The molecule has 3 aromatic rings. The van der Waals surface area contributed by atoms with Crippen LogP contribution in [0.1, 0.15) is 116 Å². The second kappa shape index (κ2) is 35.2. The molecule has 0 bridgehead atoms. The van der Waals surface area contributed by atoms with Gasteiger partial charge in [-0.05, 0) is 67.2 Å². The molecule has 87 heavy (non-hydrogen) atoms. The predicted molar refractivity (Wildman–Crippen MR) is 321 cm³/mol. The molecule has 0 radical (unpaired) electrons. The first-order valence-corrected chi connectivity index (χ1v) is 30.1. The molecule has 2 unspecified atom stereocenters.